The first kappa shape index (κ1) is 25.1. The summed E-state index contributed by atoms with van der Waals surface area (Å²) in [7, 11) is 1.53. The van der Waals surface area contributed by atoms with Crippen molar-refractivity contribution in [1.82, 2.24) is 15.2 Å². The molecule has 186 valence electrons. The number of nitrogens with one attached hydrogen (secondary N) is 1. The Morgan fingerprint density at radius 3 is 2.42 bits per heavy atom. The van der Waals surface area contributed by atoms with Crippen LogP contribution in [0.1, 0.15) is 65.7 Å². The number of pyridine rings is 1. The van der Waals surface area contributed by atoms with Gasteiger partial charge < -0.3 is 9.64 Å². The van der Waals surface area contributed by atoms with E-state index < -0.39 is 23.3 Å². The minimum atomic E-state index is -0.855. The van der Waals surface area contributed by atoms with Crippen LogP contribution in [0.2, 0.25) is 0 Å². The number of piperidine rings is 1. The predicted molar refractivity (Wildman–Crippen MR) is 133 cm³/mol. The van der Waals surface area contributed by atoms with Crippen LogP contribution in [-0.2, 0) is 9.59 Å². The maximum atomic E-state index is 13.4. The molecule has 1 aromatic carbocycles. The molecule has 0 bridgehead atoms. The number of rotatable bonds is 3. The zero-order valence-electron chi connectivity index (χ0n) is 20.7. The van der Waals surface area contributed by atoms with Gasteiger partial charge in [-0.3, -0.25) is 24.7 Å². The van der Waals surface area contributed by atoms with Gasteiger partial charge in [-0.25, -0.2) is 4.79 Å². The minimum absolute atomic E-state index is 0.120. The largest absolute Gasteiger partial charge is 0.496 e. The Bertz CT molecular complexity index is 1250. The smallest absolute Gasteiger partial charge is 0.324 e. The first-order chi connectivity index (χ1) is 17.3. The molecule has 8 heteroatoms. The van der Waals surface area contributed by atoms with Gasteiger partial charge in [0.25, 0.3) is 5.91 Å². The van der Waals surface area contributed by atoms with Crippen molar-refractivity contribution in [1.29, 1.82) is 0 Å². The van der Waals surface area contributed by atoms with Gasteiger partial charge in [0.15, 0.2) is 0 Å². The number of amides is 3. The minimum Gasteiger partial charge on any atom is -0.496 e. The van der Waals surface area contributed by atoms with Gasteiger partial charge in [-0.2, -0.15) is 0 Å². The number of carbonyl (C=O) groups is 4. The number of likely N-dealkylation sites (tertiary alicyclic amines) is 1. The van der Waals surface area contributed by atoms with Crippen molar-refractivity contribution in [3.8, 4) is 17.6 Å². The van der Waals surface area contributed by atoms with Crippen LogP contribution in [0.3, 0.4) is 0 Å². The van der Waals surface area contributed by atoms with Crippen molar-refractivity contribution in [2.45, 2.75) is 45.4 Å². The third-order valence-electron chi connectivity index (χ3n) is 7.10. The highest BCUT2D eigenvalue weighted by atomic mass is 16.5. The average molecular weight is 488 g/mol. The summed E-state index contributed by atoms with van der Waals surface area (Å²) < 4.78 is 5.55. The highest BCUT2D eigenvalue weighted by Crippen LogP contribution is 2.47. The van der Waals surface area contributed by atoms with Crippen LogP contribution in [0.15, 0.2) is 36.5 Å². The fourth-order valence-electron chi connectivity index (χ4n) is 5.30. The molecule has 1 saturated heterocycles. The average Bonchev–Trinajstić information content (AvgIpc) is 2.85. The van der Waals surface area contributed by atoms with Gasteiger partial charge in [-0.05, 0) is 61.9 Å². The molecular weight excluding hydrogens is 458 g/mol. The topological polar surface area (TPSA) is 106 Å². The third kappa shape index (κ3) is 5.01. The van der Waals surface area contributed by atoms with Gasteiger partial charge in [0.1, 0.15) is 28.9 Å². The van der Waals surface area contributed by atoms with E-state index in [1.54, 1.807) is 30.0 Å². The fourth-order valence-corrected chi connectivity index (χ4v) is 5.30. The van der Waals surface area contributed by atoms with Crippen molar-refractivity contribution in [3.63, 3.8) is 0 Å². The lowest BCUT2D eigenvalue weighted by atomic mass is 9.63. The van der Waals surface area contributed by atoms with Crippen LogP contribution in [-0.4, -0.2) is 53.6 Å². The first-order valence-electron chi connectivity index (χ1n) is 11.9. The van der Waals surface area contributed by atoms with E-state index in [1.165, 1.54) is 19.4 Å². The summed E-state index contributed by atoms with van der Waals surface area (Å²) in [5.41, 5.74) is 1.89. The standard InChI is InChI=1S/C28H29N3O5/c1-4-7-19-14-18(2)24(23(15-19)36-3)25-21(32)16-28(17-22(25)33)9-12-31(13-10-28)27(35)30-26(34)20-8-5-6-11-29-20/h5-6,8,11,14-15,25H,9-10,12-13,16-17H2,1-3H3,(H,30,34,35). The van der Waals surface area contributed by atoms with E-state index in [2.05, 4.69) is 22.1 Å². The van der Waals surface area contributed by atoms with Gasteiger partial charge in [-0.15, -0.1) is 5.92 Å². The number of nitrogens with zero attached hydrogens (tertiary/aromatic N) is 2. The molecule has 0 unspecified atom stereocenters. The van der Waals surface area contributed by atoms with Crippen molar-refractivity contribution in [3.05, 3.63) is 58.9 Å². The molecule has 2 aromatic rings. The summed E-state index contributed by atoms with van der Waals surface area (Å²) >= 11 is 0. The number of carbonyl (C=O) groups excluding carboxylic acids is 4. The predicted octanol–water partition coefficient (Wildman–Crippen LogP) is 3.42. The number of urea groups is 1. The van der Waals surface area contributed by atoms with Crippen LogP contribution in [0.4, 0.5) is 4.79 Å². The second kappa shape index (κ2) is 10.3. The summed E-state index contributed by atoms with van der Waals surface area (Å²) in [6, 6.07) is 8.04. The summed E-state index contributed by atoms with van der Waals surface area (Å²) in [6.45, 7) is 4.34. The van der Waals surface area contributed by atoms with Crippen molar-refractivity contribution in [2.24, 2.45) is 5.41 Å². The zero-order valence-corrected chi connectivity index (χ0v) is 20.7. The van der Waals surface area contributed by atoms with Crippen molar-refractivity contribution in [2.75, 3.05) is 20.2 Å². The Kier molecular flexibility index (Phi) is 7.20. The molecule has 1 N–H and O–H groups in total. The Morgan fingerprint density at radius 2 is 1.83 bits per heavy atom. The summed E-state index contributed by atoms with van der Waals surface area (Å²) in [6.07, 6.45) is 3.06. The first-order valence-corrected chi connectivity index (χ1v) is 11.9. The highest BCUT2D eigenvalue weighted by molar-refractivity contribution is 6.11. The van der Waals surface area contributed by atoms with Crippen LogP contribution in [0.5, 0.6) is 5.75 Å². The van der Waals surface area contributed by atoms with Crippen LogP contribution >= 0.6 is 0 Å². The van der Waals surface area contributed by atoms with Crippen molar-refractivity contribution >= 4 is 23.5 Å². The molecule has 0 radical (unpaired) electrons. The second-order valence-corrected chi connectivity index (χ2v) is 9.46. The normalized spacial score (nSPS) is 17.4. The SMILES string of the molecule is CC#Cc1cc(C)c(C2C(=O)CC3(CCN(C(=O)NC(=O)c4ccccn4)CC3)CC2=O)c(OC)c1. The zero-order chi connectivity index (χ0) is 25.9. The lowest BCUT2D eigenvalue weighted by Crippen LogP contribution is -2.51. The van der Waals surface area contributed by atoms with Gasteiger partial charge >= 0.3 is 6.03 Å². The lowest BCUT2D eigenvalue weighted by molar-refractivity contribution is -0.138. The number of imide groups is 1. The Balaban J connectivity index is 1.44. The summed E-state index contributed by atoms with van der Waals surface area (Å²) in [5, 5.41) is 2.36. The molecule has 1 aliphatic heterocycles. The fraction of sp³-hybridized carbons (Fsp3) is 0.393. The monoisotopic (exact) mass is 487 g/mol. The maximum Gasteiger partial charge on any atom is 0.324 e. The Morgan fingerprint density at radius 1 is 1.14 bits per heavy atom. The van der Waals surface area contributed by atoms with E-state index in [9.17, 15) is 19.2 Å². The molecule has 36 heavy (non-hydrogen) atoms. The van der Waals surface area contributed by atoms with Crippen molar-refractivity contribution < 1.29 is 23.9 Å². The molecule has 2 aliphatic rings. The Hall–Kier alpha value is -3.99. The molecule has 2 heterocycles. The molecule has 4 rings (SSSR count). The van der Waals surface area contributed by atoms with E-state index in [0.29, 0.717) is 37.2 Å². The molecule has 1 aromatic heterocycles. The number of hydrogen-bond acceptors (Lipinski definition) is 6. The molecule has 1 saturated carbocycles. The Labute approximate surface area is 210 Å². The molecule has 3 amide bonds. The molecule has 0 atom stereocenters. The van der Waals surface area contributed by atoms with E-state index in [-0.39, 0.29) is 30.1 Å². The number of aryl methyl sites for hydroxylation is 1. The number of ether oxygens (including phenoxy) is 1. The molecule has 8 nitrogen and oxygen atoms in total. The molecule has 2 fully saturated rings. The summed E-state index contributed by atoms with van der Waals surface area (Å²) in [5.74, 6) is 4.69. The lowest BCUT2D eigenvalue weighted by Gasteiger charge is -2.44. The number of ketones is 2. The maximum absolute atomic E-state index is 13.4. The molecule has 1 aliphatic carbocycles. The number of hydrogen-bond donors (Lipinski definition) is 1. The quantitative estimate of drug-likeness (QED) is 0.525. The van der Waals surface area contributed by atoms with Crippen LogP contribution in [0, 0.1) is 24.2 Å². The van der Waals surface area contributed by atoms with Gasteiger partial charge in [0.05, 0.1) is 7.11 Å². The summed E-state index contributed by atoms with van der Waals surface area (Å²) in [4.78, 5) is 57.1. The van der Waals surface area contributed by atoms with Gasteiger partial charge in [-0.1, -0.05) is 12.0 Å². The van der Waals surface area contributed by atoms with Gasteiger partial charge in [0.2, 0.25) is 0 Å². The van der Waals surface area contributed by atoms with E-state index >= 15 is 0 Å². The molecule has 1 spiro atoms. The van der Waals surface area contributed by atoms with E-state index in [4.69, 9.17) is 4.74 Å². The van der Waals surface area contributed by atoms with E-state index in [1.807, 2.05) is 13.0 Å². The third-order valence-corrected chi connectivity index (χ3v) is 7.10. The second-order valence-electron chi connectivity index (χ2n) is 9.46. The van der Waals surface area contributed by atoms with Crippen LogP contribution in [0.25, 0.3) is 0 Å². The number of benzene rings is 1. The highest BCUT2D eigenvalue weighted by Gasteiger charge is 2.48. The van der Waals surface area contributed by atoms with Gasteiger partial charge in [0, 0.05) is 43.3 Å². The molecular formula is C28H29N3O5. The number of aromatic nitrogens is 1. The van der Waals surface area contributed by atoms with Crippen LogP contribution < -0.4 is 10.1 Å². The number of Topliss-reactive ketones (excluding diaryl/α,β-unsaturated/α-hetero) is 2. The number of methoxy groups -OCH3 is 1. The van der Waals surface area contributed by atoms with E-state index in [0.717, 1.165) is 11.1 Å².